The second-order valence-corrected chi connectivity index (χ2v) is 3.54. The third-order valence-corrected chi connectivity index (χ3v) is 2.57. The van der Waals surface area contributed by atoms with E-state index in [1.165, 1.54) is 0 Å². The minimum Gasteiger partial charge on any atom is -0.236 e. The molecule has 0 bridgehead atoms. The van der Waals surface area contributed by atoms with Gasteiger partial charge < -0.3 is 0 Å². The van der Waals surface area contributed by atoms with Crippen LogP contribution in [0.5, 0.6) is 0 Å². The van der Waals surface area contributed by atoms with Gasteiger partial charge in [-0.2, -0.15) is 0 Å². The molecule has 0 spiro atoms. The predicted molar refractivity (Wildman–Crippen MR) is 60.3 cm³/mol. The van der Waals surface area contributed by atoms with E-state index in [0.29, 0.717) is 0 Å². The lowest BCUT2D eigenvalue weighted by Crippen LogP contribution is -2.04. The highest BCUT2D eigenvalue weighted by Gasteiger charge is 2.12. The number of benzene rings is 2. The van der Waals surface area contributed by atoms with Crippen molar-refractivity contribution in [1.29, 1.82) is 0 Å². The van der Waals surface area contributed by atoms with Crippen LogP contribution in [0.15, 0.2) is 60.7 Å². The Kier molecular flexibility index (Phi) is 3.15. The van der Waals surface area contributed by atoms with Gasteiger partial charge in [-0.05, 0) is 11.1 Å². The normalized spacial score (nSPS) is 10.5. The average molecular weight is 197 g/mol. The second kappa shape index (κ2) is 4.76. The van der Waals surface area contributed by atoms with Gasteiger partial charge in [0.25, 0.3) is 0 Å². The van der Waals surface area contributed by atoms with Gasteiger partial charge >= 0.3 is 0 Å². The summed E-state index contributed by atoms with van der Waals surface area (Å²) in [5, 5.41) is 11.2. The SMILES string of the molecule is [O]CC(c1ccccc1)c1ccccc1. The van der Waals surface area contributed by atoms with E-state index in [0.717, 1.165) is 11.1 Å². The van der Waals surface area contributed by atoms with Gasteiger partial charge in [-0.25, -0.2) is 5.11 Å². The molecule has 1 heteroatoms. The highest BCUT2D eigenvalue weighted by atomic mass is 16.3. The Balaban J connectivity index is 2.34. The van der Waals surface area contributed by atoms with Gasteiger partial charge in [-0.15, -0.1) is 0 Å². The summed E-state index contributed by atoms with van der Waals surface area (Å²) in [6.07, 6.45) is 0. The fourth-order valence-electron chi connectivity index (χ4n) is 1.76. The molecule has 75 valence electrons. The molecular formula is C14H13O. The Hall–Kier alpha value is -1.60. The van der Waals surface area contributed by atoms with Crippen molar-refractivity contribution in [2.75, 3.05) is 6.61 Å². The van der Waals surface area contributed by atoms with Crippen LogP contribution in [0.4, 0.5) is 0 Å². The van der Waals surface area contributed by atoms with Crippen molar-refractivity contribution in [2.45, 2.75) is 5.92 Å². The van der Waals surface area contributed by atoms with Crippen LogP contribution in [0, 0.1) is 0 Å². The fraction of sp³-hybridized carbons (Fsp3) is 0.143. The molecule has 0 aliphatic rings. The summed E-state index contributed by atoms with van der Waals surface area (Å²) in [4.78, 5) is 0. The summed E-state index contributed by atoms with van der Waals surface area (Å²) < 4.78 is 0. The third kappa shape index (κ3) is 2.25. The maximum absolute atomic E-state index is 11.2. The maximum Gasteiger partial charge on any atom is 0.0931 e. The average Bonchev–Trinajstić information content (AvgIpc) is 2.33. The molecule has 0 heterocycles. The van der Waals surface area contributed by atoms with Gasteiger partial charge in [0.05, 0.1) is 6.61 Å². The summed E-state index contributed by atoms with van der Waals surface area (Å²) in [7, 11) is 0. The van der Waals surface area contributed by atoms with Crippen LogP contribution in [0.25, 0.3) is 0 Å². The molecule has 0 aliphatic carbocycles. The number of hydrogen-bond donors (Lipinski definition) is 0. The highest BCUT2D eigenvalue weighted by Crippen LogP contribution is 2.23. The van der Waals surface area contributed by atoms with Gasteiger partial charge in [0, 0.05) is 5.92 Å². The van der Waals surface area contributed by atoms with Crippen molar-refractivity contribution in [2.24, 2.45) is 0 Å². The van der Waals surface area contributed by atoms with Gasteiger partial charge in [-0.3, -0.25) is 0 Å². The molecule has 0 atom stereocenters. The van der Waals surface area contributed by atoms with Crippen LogP contribution in [-0.2, 0) is 5.11 Å². The van der Waals surface area contributed by atoms with E-state index >= 15 is 0 Å². The molecule has 0 amide bonds. The van der Waals surface area contributed by atoms with Crippen molar-refractivity contribution in [3.63, 3.8) is 0 Å². The van der Waals surface area contributed by atoms with E-state index in [-0.39, 0.29) is 12.5 Å². The Morgan fingerprint density at radius 1 is 0.733 bits per heavy atom. The lowest BCUT2D eigenvalue weighted by atomic mass is 9.92. The molecule has 0 saturated carbocycles. The van der Waals surface area contributed by atoms with E-state index in [2.05, 4.69) is 0 Å². The molecule has 0 fully saturated rings. The van der Waals surface area contributed by atoms with E-state index in [9.17, 15) is 5.11 Å². The standard InChI is InChI=1S/C14H13O/c15-11-14(12-7-3-1-4-8-12)13-9-5-2-6-10-13/h1-10,14H,11H2. The summed E-state index contributed by atoms with van der Waals surface area (Å²) in [6.45, 7) is -0.103. The molecular weight excluding hydrogens is 184 g/mol. The molecule has 0 aromatic heterocycles. The van der Waals surface area contributed by atoms with Crippen LogP contribution in [-0.4, -0.2) is 6.61 Å². The van der Waals surface area contributed by atoms with Crippen LogP contribution >= 0.6 is 0 Å². The zero-order chi connectivity index (χ0) is 10.5. The molecule has 15 heavy (non-hydrogen) atoms. The summed E-state index contributed by atoms with van der Waals surface area (Å²) in [5.74, 6) is -0.0209. The quantitative estimate of drug-likeness (QED) is 0.719. The van der Waals surface area contributed by atoms with E-state index < -0.39 is 0 Å². The van der Waals surface area contributed by atoms with Crippen molar-refractivity contribution >= 4 is 0 Å². The first-order chi connectivity index (χ1) is 7.42. The van der Waals surface area contributed by atoms with Crippen molar-refractivity contribution in [3.8, 4) is 0 Å². The highest BCUT2D eigenvalue weighted by molar-refractivity contribution is 5.32. The minimum atomic E-state index is -0.103. The molecule has 2 aromatic carbocycles. The Labute approximate surface area is 90.0 Å². The second-order valence-electron chi connectivity index (χ2n) is 3.54. The van der Waals surface area contributed by atoms with Crippen molar-refractivity contribution in [3.05, 3.63) is 71.8 Å². The van der Waals surface area contributed by atoms with E-state index in [4.69, 9.17) is 0 Å². The molecule has 1 radical (unpaired) electrons. The first-order valence-corrected chi connectivity index (χ1v) is 5.10. The lowest BCUT2D eigenvalue weighted by molar-refractivity contribution is 0.183. The lowest BCUT2D eigenvalue weighted by Gasteiger charge is -2.13. The smallest absolute Gasteiger partial charge is 0.0931 e. The third-order valence-electron chi connectivity index (χ3n) is 2.57. The zero-order valence-electron chi connectivity index (χ0n) is 8.47. The number of rotatable bonds is 3. The van der Waals surface area contributed by atoms with Crippen molar-refractivity contribution in [1.82, 2.24) is 0 Å². The molecule has 0 aliphatic heterocycles. The van der Waals surface area contributed by atoms with Gasteiger partial charge in [-0.1, -0.05) is 60.7 Å². The van der Waals surface area contributed by atoms with Crippen LogP contribution < -0.4 is 0 Å². The first-order valence-electron chi connectivity index (χ1n) is 5.10. The minimum absolute atomic E-state index is 0.0209. The molecule has 2 rings (SSSR count). The summed E-state index contributed by atoms with van der Waals surface area (Å²) in [5.41, 5.74) is 2.19. The maximum atomic E-state index is 11.2. The topological polar surface area (TPSA) is 19.9 Å². The molecule has 2 aromatic rings. The van der Waals surface area contributed by atoms with Gasteiger partial charge in [0.1, 0.15) is 0 Å². The summed E-state index contributed by atoms with van der Waals surface area (Å²) in [6, 6.07) is 19.9. The molecule has 0 unspecified atom stereocenters. The van der Waals surface area contributed by atoms with E-state index in [1.54, 1.807) is 0 Å². The molecule has 0 saturated heterocycles. The largest absolute Gasteiger partial charge is 0.236 e. The van der Waals surface area contributed by atoms with Crippen molar-refractivity contribution < 1.29 is 5.11 Å². The molecule has 1 nitrogen and oxygen atoms in total. The molecule has 0 N–H and O–H groups in total. The predicted octanol–water partition coefficient (Wildman–Crippen LogP) is 3.25. The fourth-order valence-corrected chi connectivity index (χ4v) is 1.76. The monoisotopic (exact) mass is 197 g/mol. The Morgan fingerprint density at radius 2 is 1.13 bits per heavy atom. The van der Waals surface area contributed by atoms with Gasteiger partial charge in [0.15, 0.2) is 0 Å². The summed E-state index contributed by atoms with van der Waals surface area (Å²) >= 11 is 0. The Morgan fingerprint density at radius 3 is 1.47 bits per heavy atom. The van der Waals surface area contributed by atoms with Crippen LogP contribution in [0.2, 0.25) is 0 Å². The number of hydrogen-bond acceptors (Lipinski definition) is 0. The van der Waals surface area contributed by atoms with Crippen LogP contribution in [0.3, 0.4) is 0 Å². The van der Waals surface area contributed by atoms with Crippen LogP contribution in [0.1, 0.15) is 17.0 Å². The zero-order valence-corrected chi connectivity index (χ0v) is 8.47. The first kappa shape index (κ1) is 9.94. The van der Waals surface area contributed by atoms with E-state index in [1.807, 2.05) is 60.7 Å². The Bertz CT molecular complexity index is 355. The van der Waals surface area contributed by atoms with Gasteiger partial charge in [0.2, 0.25) is 0 Å².